The number of fused-ring (bicyclic) bond motifs is 1. The molecule has 3 rings (SSSR count). The molecule has 0 saturated heterocycles. The number of hydrogen-bond acceptors (Lipinski definition) is 6. The van der Waals surface area contributed by atoms with Crippen molar-refractivity contribution in [2.24, 2.45) is 0 Å². The van der Waals surface area contributed by atoms with Crippen molar-refractivity contribution in [2.75, 3.05) is 0 Å². The van der Waals surface area contributed by atoms with Crippen LogP contribution in [0.5, 0.6) is 5.75 Å². The number of ether oxygens (including phenoxy) is 1. The quantitative estimate of drug-likeness (QED) is 0.351. The maximum absolute atomic E-state index is 12.7. The van der Waals surface area contributed by atoms with E-state index < -0.39 is 27.7 Å². The average molecular weight is 429 g/mol. The van der Waals surface area contributed by atoms with E-state index in [-0.39, 0.29) is 22.6 Å². The van der Waals surface area contributed by atoms with E-state index in [1.54, 1.807) is 31.2 Å². The van der Waals surface area contributed by atoms with Crippen molar-refractivity contribution in [3.05, 3.63) is 70.1 Å². The monoisotopic (exact) mass is 429 g/mol. The molecule has 0 aliphatic heterocycles. The van der Waals surface area contributed by atoms with E-state index >= 15 is 0 Å². The van der Waals surface area contributed by atoms with Crippen LogP contribution in [0.15, 0.2) is 62.6 Å². The fourth-order valence-electron chi connectivity index (χ4n) is 3.04. The smallest absolute Gasteiger partial charge is 0.336 e. The summed E-state index contributed by atoms with van der Waals surface area (Å²) in [5, 5.41) is 0.722. The molecule has 2 aromatic carbocycles. The zero-order valence-corrected chi connectivity index (χ0v) is 17.8. The molecular weight excluding hydrogens is 406 g/mol. The Hall–Kier alpha value is -2.97. The summed E-state index contributed by atoms with van der Waals surface area (Å²) in [5.74, 6) is -0.571. The molecule has 0 saturated carbocycles. The number of hydrogen-bond donors (Lipinski definition) is 1. The first-order valence-electron chi connectivity index (χ1n) is 9.55. The highest BCUT2D eigenvalue weighted by atomic mass is 32.2. The third-order valence-corrected chi connectivity index (χ3v) is 6.12. The first kappa shape index (κ1) is 21.7. The molecule has 0 spiro atoms. The van der Waals surface area contributed by atoms with Crippen LogP contribution >= 0.6 is 0 Å². The topological polar surface area (TPSA) is 103 Å². The summed E-state index contributed by atoms with van der Waals surface area (Å²) in [4.78, 5) is 24.4. The second kappa shape index (κ2) is 8.81. The maximum Gasteiger partial charge on any atom is 0.336 e. The molecule has 1 atom stereocenters. The Bertz CT molecular complexity index is 1230. The molecule has 0 aliphatic rings. The minimum absolute atomic E-state index is 0.0740. The lowest BCUT2D eigenvalue weighted by molar-refractivity contribution is -0.136. The SMILES string of the molecule is CCCC(NS(=O)(=O)c1ccc(C)cc1)C(=O)Oc1ccc2c(C)cc(=O)oc2c1. The summed E-state index contributed by atoms with van der Waals surface area (Å²) < 4.78 is 38.3. The molecule has 0 aliphatic carbocycles. The van der Waals surface area contributed by atoms with Crippen LogP contribution in [0, 0.1) is 13.8 Å². The van der Waals surface area contributed by atoms with Crippen LogP contribution in [0.25, 0.3) is 11.0 Å². The largest absolute Gasteiger partial charge is 0.425 e. The van der Waals surface area contributed by atoms with Crippen molar-refractivity contribution in [1.82, 2.24) is 4.72 Å². The number of nitrogens with one attached hydrogen (secondary N) is 1. The van der Waals surface area contributed by atoms with Crippen LogP contribution in [0.2, 0.25) is 0 Å². The minimum Gasteiger partial charge on any atom is -0.425 e. The second-order valence-corrected chi connectivity index (χ2v) is 8.82. The minimum atomic E-state index is -3.89. The molecule has 0 fully saturated rings. The standard InChI is InChI=1S/C22H23NO6S/c1-4-5-19(23-30(26,27)17-9-6-14(2)7-10-17)22(25)28-16-8-11-18-15(3)12-21(24)29-20(18)13-16/h6-13,19,23H,4-5H2,1-3H3. The first-order chi connectivity index (χ1) is 14.2. The van der Waals surface area contributed by atoms with Crippen LogP contribution in [-0.4, -0.2) is 20.4 Å². The van der Waals surface area contributed by atoms with Gasteiger partial charge in [0.05, 0.1) is 4.90 Å². The Labute approximate surface area is 174 Å². The molecule has 1 heterocycles. The zero-order valence-electron chi connectivity index (χ0n) is 17.0. The van der Waals surface area contributed by atoms with Gasteiger partial charge in [-0.25, -0.2) is 18.0 Å². The lowest BCUT2D eigenvalue weighted by Crippen LogP contribution is -2.42. The third-order valence-electron chi connectivity index (χ3n) is 4.63. The van der Waals surface area contributed by atoms with E-state index in [2.05, 4.69) is 4.72 Å². The van der Waals surface area contributed by atoms with Crippen molar-refractivity contribution in [2.45, 2.75) is 44.6 Å². The summed E-state index contributed by atoms with van der Waals surface area (Å²) in [7, 11) is -3.89. The maximum atomic E-state index is 12.7. The lowest BCUT2D eigenvalue weighted by atomic mass is 10.1. The van der Waals surface area contributed by atoms with Crippen LogP contribution < -0.4 is 15.1 Å². The van der Waals surface area contributed by atoms with E-state index in [9.17, 15) is 18.0 Å². The van der Waals surface area contributed by atoms with Gasteiger partial charge in [-0.05, 0) is 50.1 Å². The van der Waals surface area contributed by atoms with Crippen LogP contribution in [0.4, 0.5) is 0 Å². The fraction of sp³-hybridized carbons (Fsp3) is 0.273. The average Bonchev–Trinajstić information content (AvgIpc) is 2.67. The first-order valence-corrected chi connectivity index (χ1v) is 11.0. The van der Waals surface area contributed by atoms with Gasteiger partial charge in [-0.3, -0.25) is 0 Å². The van der Waals surface area contributed by atoms with Crippen LogP contribution in [0.3, 0.4) is 0 Å². The number of carbonyl (C=O) groups excluding carboxylic acids is 1. The highest BCUT2D eigenvalue weighted by Gasteiger charge is 2.27. The van der Waals surface area contributed by atoms with Crippen molar-refractivity contribution in [3.63, 3.8) is 0 Å². The molecule has 158 valence electrons. The van der Waals surface area contributed by atoms with Gasteiger partial charge in [-0.15, -0.1) is 0 Å². The summed E-state index contributed by atoms with van der Waals surface area (Å²) in [5.41, 5.74) is 1.46. The van der Waals surface area contributed by atoms with Gasteiger partial charge in [0.15, 0.2) is 0 Å². The van der Waals surface area contributed by atoms with Crippen LogP contribution in [-0.2, 0) is 14.8 Å². The molecule has 7 nitrogen and oxygen atoms in total. The molecule has 1 unspecified atom stereocenters. The molecule has 1 aromatic heterocycles. The number of rotatable bonds is 7. The predicted molar refractivity (Wildman–Crippen MR) is 113 cm³/mol. The highest BCUT2D eigenvalue weighted by molar-refractivity contribution is 7.89. The van der Waals surface area contributed by atoms with Gasteiger partial charge in [0.1, 0.15) is 17.4 Å². The Balaban J connectivity index is 1.82. The Morgan fingerprint density at radius 1 is 1.10 bits per heavy atom. The molecule has 30 heavy (non-hydrogen) atoms. The Morgan fingerprint density at radius 2 is 1.80 bits per heavy atom. The van der Waals surface area contributed by atoms with Gasteiger partial charge < -0.3 is 9.15 Å². The third kappa shape index (κ3) is 4.95. The van der Waals surface area contributed by atoms with Crippen molar-refractivity contribution in [3.8, 4) is 5.75 Å². The summed E-state index contributed by atoms with van der Waals surface area (Å²) in [6.45, 7) is 5.48. The van der Waals surface area contributed by atoms with E-state index in [1.807, 2.05) is 13.8 Å². The van der Waals surface area contributed by atoms with Gasteiger partial charge in [0.2, 0.25) is 10.0 Å². The number of carbonyl (C=O) groups is 1. The van der Waals surface area contributed by atoms with Gasteiger partial charge >= 0.3 is 11.6 Å². The summed E-state index contributed by atoms with van der Waals surface area (Å²) in [6.07, 6.45) is 0.841. The molecule has 0 amide bonds. The molecule has 0 bridgehead atoms. The number of aryl methyl sites for hydroxylation is 2. The lowest BCUT2D eigenvalue weighted by Gasteiger charge is -2.17. The van der Waals surface area contributed by atoms with Gasteiger partial charge in [-0.2, -0.15) is 4.72 Å². The number of benzene rings is 2. The number of esters is 1. The fourth-order valence-corrected chi connectivity index (χ4v) is 4.26. The summed E-state index contributed by atoms with van der Waals surface area (Å²) >= 11 is 0. The van der Waals surface area contributed by atoms with Crippen LogP contribution in [0.1, 0.15) is 30.9 Å². The molecule has 0 radical (unpaired) electrons. The highest BCUT2D eigenvalue weighted by Crippen LogP contribution is 2.23. The van der Waals surface area contributed by atoms with Gasteiger partial charge in [0, 0.05) is 17.5 Å². The predicted octanol–water partition coefficient (Wildman–Crippen LogP) is 3.46. The van der Waals surface area contributed by atoms with E-state index in [1.165, 1.54) is 24.3 Å². The van der Waals surface area contributed by atoms with Crippen molar-refractivity contribution in [1.29, 1.82) is 0 Å². The van der Waals surface area contributed by atoms with Gasteiger partial charge in [-0.1, -0.05) is 31.0 Å². The van der Waals surface area contributed by atoms with E-state index in [0.29, 0.717) is 6.42 Å². The second-order valence-electron chi connectivity index (χ2n) is 7.10. The van der Waals surface area contributed by atoms with Crippen molar-refractivity contribution < 1.29 is 22.4 Å². The number of sulfonamides is 1. The molecule has 1 N–H and O–H groups in total. The van der Waals surface area contributed by atoms with E-state index in [4.69, 9.17) is 9.15 Å². The Morgan fingerprint density at radius 3 is 2.47 bits per heavy atom. The molecule has 8 heteroatoms. The molecule has 3 aromatic rings. The van der Waals surface area contributed by atoms with Crippen molar-refractivity contribution >= 4 is 27.0 Å². The van der Waals surface area contributed by atoms with E-state index in [0.717, 1.165) is 16.5 Å². The van der Waals surface area contributed by atoms with Gasteiger partial charge in [0.25, 0.3) is 0 Å². The Kier molecular flexibility index (Phi) is 6.38. The molecular formula is C22H23NO6S. The normalized spacial score (nSPS) is 12.6. The zero-order chi connectivity index (χ0) is 21.9. The summed E-state index contributed by atoms with van der Waals surface area (Å²) in [6, 6.07) is 11.4.